The average molecular weight is 321 g/mol. The molecule has 118 valence electrons. The predicted molar refractivity (Wildman–Crippen MR) is 85.6 cm³/mol. The van der Waals surface area contributed by atoms with E-state index in [0.29, 0.717) is 31.8 Å². The van der Waals surface area contributed by atoms with Gasteiger partial charge in [0.1, 0.15) is 0 Å². The Hall–Kier alpha value is -1.55. The van der Waals surface area contributed by atoms with Crippen LogP contribution in [0.5, 0.6) is 0 Å². The van der Waals surface area contributed by atoms with E-state index in [1.54, 1.807) is 0 Å². The van der Waals surface area contributed by atoms with E-state index in [2.05, 4.69) is 5.32 Å². The number of amides is 2. The highest BCUT2D eigenvalue weighted by Gasteiger charge is 2.31. The summed E-state index contributed by atoms with van der Waals surface area (Å²) < 4.78 is 0. The first-order valence-corrected chi connectivity index (χ1v) is 8.29. The van der Waals surface area contributed by atoms with E-state index >= 15 is 0 Å². The predicted octanol–water partition coefficient (Wildman–Crippen LogP) is 2.40. The number of hydrogen-bond donors (Lipinski definition) is 1. The van der Waals surface area contributed by atoms with E-state index < -0.39 is 0 Å². The molecule has 1 N–H and O–H groups in total. The number of benzene rings is 1. The van der Waals surface area contributed by atoms with Crippen LogP contribution in [-0.4, -0.2) is 35.8 Å². The Morgan fingerprint density at radius 3 is 2.91 bits per heavy atom. The van der Waals surface area contributed by atoms with E-state index in [1.165, 1.54) is 12.8 Å². The molecule has 1 atom stereocenters. The zero-order valence-electron chi connectivity index (χ0n) is 12.6. The zero-order chi connectivity index (χ0) is 15.5. The van der Waals surface area contributed by atoms with Crippen molar-refractivity contribution in [2.45, 2.75) is 38.1 Å². The fourth-order valence-corrected chi connectivity index (χ4v) is 3.13. The molecule has 1 aromatic carbocycles. The molecule has 22 heavy (non-hydrogen) atoms. The van der Waals surface area contributed by atoms with Gasteiger partial charge in [0.2, 0.25) is 11.8 Å². The highest BCUT2D eigenvalue weighted by atomic mass is 35.5. The van der Waals surface area contributed by atoms with Crippen LogP contribution in [0.25, 0.3) is 0 Å². The summed E-state index contributed by atoms with van der Waals surface area (Å²) in [6, 6.07) is 7.68. The summed E-state index contributed by atoms with van der Waals surface area (Å²) in [5.74, 6) is 0.798. The summed E-state index contributed by atoms with van der Waals surface area (Å²) >= 11 is 5.97. The highest BCUT2D eigenvalue weighted by molar-refractivity contribution is 6.30. The molecule has 3 rings (SSSR count). The standard InChI is InChI=1S/C17H21ClN2O2/c18-14-3-1-2-12(8-14)6-7-20-11-15(10-17(20)22)19-16(21)9-13-4-5-13/h1-3,8,13,15H,4-7,9-11H2,(H,19,21)/t15-/m1/s1. The Morgan fingerprint density at radius 2 is 2.18 bits per heavy atom. The first kappa shape index (κ1) is 15.3. The number of hydrogen-bond acceptors (Lipinski definition) is 2. The fourth-order valence-electron chi connectivity index (χ4n) is 2.91. The fraction of sp³-hybridized carbons (Fsp3) is 0.529. The minimum Gasteiger partial charge on any atom is -0.351 e. The number of nitrogens with zero attached hydrogens (tertiary/aromatic N) is 1. The second kappa shape index (κ2) is 6.69. The second-order valence-corrected chi connectivity index (χ2v) is 6.77. The molecular formula is C17H21ClN2O2. The summed E-state index contributed by atoms with van der Waals surface area (Å²) in [6.45, 7) is 1.30. The monoisotopic (exact) mass is 320 g/mol. The van der Waals surface area contributed by atoms with Crippen molar-refractivity contribution in [1.82, 2.24) is 10.2 Å². The zero-order valence-corrected chi connectivity index (χ0v) is 13.3. The largest absolute Gasteiger partial charge is 0.351 e. The maximum atomic E-state index is 12.0. The molecule has 1 aromatic rings. The van der Waals surface area contributed by atoms with Crippen LogP contribution in [0, 0.1) is 5.92 Å². The van der Waals surface area contributed by atoms with Gasteiger partial charge in [-0.05, 0) is 42.9 Å². The number of rotatable bonds is 6. The van der Waals surface area contributed by atoms with Gasteiger partial charge in [0.05, 0.1) is 6.04 Å². The molecule has 0 unspecified atom stereocenters. The Balaban J connectivity index is 1.46. The van der Waals surface area contributed by atoms with Crippen molar-refractivity contribution < 1.29 is 9.59 Å². The van der Waals surface area contributed by atoms with Crippen LogP contribution in [0.15, 0.2) is 24.3 Å². The molecule has 1 aliphatic heterocycles. The van der Waals surface area contributed by atoms with Gasteiger partial charge in [-0.2, -0.15) is 0 Å². The van der Waals surface area contributed by atoms with Crippen molar-refractivity contribution in [2.75, 3.05) is 13.1 Å². The van der Waals surface area contributed by atoms with Gasteiger partial charge < -0.3 is 10.2 Å². The molecule has 0 spiro atoms. The molecule has 2 aliphatic rings. The van der Waals surface area contributed by atoms with Crippen molar-refractivity contribution in [2.24, 2.45) is 5.92 Å². The first-order valence-electron chi connectivity index (χ1n) is 7.92. The number of carbonyl (C=O) groups is 2. The van der Waals surface area contributed by atoms with Crippen molar-refractivity contribution in [1.29, 1.82) is 0 Å². The lowest BCUT2D eigenvalue weighted by Crippen LogP contribution is -2.37. The Morgan fingerprint density at radius 1 is 1.36 bits per heavy atom. The third kappa shape index (κ3) is 4.23. The number of halogens is 1. The van der Waals surface area contributed by atoms with Crippen LogP contribution in [-0.2, 0) is 16.0 Å². The van der Waals surface area contributed by atoms with E-state index in [1.807, 2.05) is 29.2 Å². The third-order valence-corrected chi connectivity index (χ3v) is 4.55. The maximum Gasteiger partial charge on any atom is 0.224 e. The molecule has 0 radical (unpaired) electrons. The molecule has 1 heterocycles. The van der Waals surface area contributed by atoms with Crippen molar-refractivity contribution in [3.8, 4) is 0 Å². The van der Waals surface area contributed by atoms with E-state index in [4.69, 9.17) is 11.6 Å². The van der Waals surface area contributed by atoms with Crippen LogP contribution in [0.2, 0.25) is 5.02 Å². The molecule has 1 saturated heterocycles. The summed E-state index contributed by atoms with van der Waals surface area (Å²) in [4.78, 5) is 25.7. The molecule has 1 saturated carbocycles. The minimum atomic E-state index is -0.0295. The summed E-state index contributed by atoms with van der Waals surface area (Å²) in [5.41, 5.74) is 1.13. The van der Waals surface area contributed by atoms with Crippen LogP contribution in [0.1, 0.15) is 31.2 Å². The van der Waals surface area contributed by atoms with E-state index in [9.17, 15) is 9.59 Å². The van der Waals surface area contributed by atoms with Crippen LogP contribution >= 0.6 is 11.6 Å². The van der Waals surface area contributed by atoms with Gasteiger partial charge in [0.15, 0.2) is 0 Å². The van der Waals surface area contributed by atoms with Gasteiger partial charge in [-0.1, -0.05) is 23.7 Å². The SMILES string of the molecule is O=C(CC1CC1)N[C@@H]1CC(=O)N(CCc2cccc(Cl)c2)C1. The molecule has 0 aromatic heterocycles. The van der Waals surface area contributed by atoms with Crippen molar-refractivity contribution >= 4 is 23.4 Å². The third-order valence-electron chi connectivity index (χ3n) is 4.31. The molecule has 2 fully saturated rings. The molecular weight excluding hydrogens is 300 g/mol. The van der Waals surface area contributed by atoms with Gasteiger partial charge in [0.25, 0.3) is 0 Å². The first-order chi connectivity index (χ1) is 10.6. The summed E-state index contributed by atoms with van der Waals surface area (Å²) in [7, 11) is 0. The van der Waals surface area contributed by atoms with Gasteiger partial charge in [-0.15, -0.1) is 0 Å². The van der Waals surface area contributed by atoms with E-state index in [0.717, 1.165) is 17.0 Å². The Bertz CT molecular complexity index is 572. The number of likely N-dealkylation sites (tertiary alicyclic amines) is 1. The summed E-state index contributed by atoms with van der Waals surface area (Å²) in [6.07, 6.45) is 4.17. The number of carbonyl (C=O) groups excluding carboxylic acids is 2. The van der Waals surface area contributed by atoms with Crippen LogP contribution < -0.4 is 5.32 Å². The molecule has 2 amide bonds. The van der Waals surface area contributed by atoms with Gasteiger partial charge >= 0.3 is 0 Å². The quantitative estimate of drug-likeness (QED) is 0.875. The molecule has 0 bridgehead atoms. The lowest BCUT2D eigenvalue weighted by atomic mass is 10.1. The maximum absolute atomic E-state index is 12.0. The normalized spacial score (nSPS) is 21.2. The van der Waals surface area contributed by atoms with E-state index in [-0.39, 0.29) is 17.9 Å². The smallest absolute Gasteiger partial charge is 0.224 e. The Kier molecular flexibility index (Phi) is 4.67. The van der Waals surface area contributed by atoms with Crippen LogP contribution in [0.4, 0.5) is 0 Å². The molecule has 4 nitrogen and oxygen atoms in total. The lowest BCUT2D eigenvalue weighted by molar-refractivity contribution is -0.127. The second-order valence-electron chi connectivity index (χ2n) is 6.34. The lowest BCUT2D eigenvalue weighted by Gasteiger charge is -2.17. The van der Waals surface area contributed by atoms with Crippen molar-refractivity contribution in [3.05, 3.63) is 34.9 Å². The molecule has 1 aliphatic carbocycles. The van der Waals surface area contributed by atoms with Gasteiger partial charge in [-0.25, -0.2) is 0 Å². The molecule has 5 heteroatoms. The van der Waals surface area contributed by atoms with Gasteiger partial charge in [0, 0.05) is 31.0 Å². The topological polar surface area (TPSA) is 49.4 Å². The van der Waals surface area contributed by atoms with Crippen LogP contribution in [0.3, 0.4) is 0 Å². The number of nitrogens with one attached hydrogen (secondary N) is 1. The average Bonchev–Trinajstić information content (AvgIpc) is 3.20. The van der Waals surface area contributed by atoms with Crippen molar-refractivity contribution in [3.63, 3.8) is 0 Å². The Labute approximate surface area is 135 Å². The van der Waals surface area contributed by atoms with Gasteiger partial charge in [-0.3, -0.25) is 9.59 Å². The highest BCUT2D eigenvalue weighted by Crippen LogP contribution is 2.32. The minimum absolute atomic E-state index is 0.0295. The summed E-state index contributed by atoms with van der Waals surface area (Å²) in [5, 5.41) is 3.71.